The Balaban J connectivity index is 2.08. The highest BCUT2D eigenvalue weighted by Crippen LogP contribution is 2.22. The Morgan fingerprint density at radius 2 is 1.80 bits per heavy atom. The number of aromatic nitrogens is 4. The van der Waals surface area contributed by atoms with Crippen LogP contribution in [0.15, 0.2) is 48.8 Å². The van der Waals surface area contributed by atoms with E-state index >= 15 is 0 Å². The Morgan fingerprint density at radius 3 is 2.44 bits per heavy atom. The molecule has 130 valence electrons. The summed E-state index contributed by atoms with van der Waals surface area (Å²) < 4.78 is 2.89. The van der Waals surface area contributed by atoms with Gasteiger partial charge in [-0.2, -0.15) is 19.6 Å². The van der Waals surface area contributed by atoms with Crippen LogP contribution >= 0.6 is 0 Å². The molecular weight excluding hydrogens is 312 g/mol. The second-order valence-electron chi connectivity index (χ2n) is 6.18. The molecule has 0 unspecified atom stereocenters. The Kier molecular flexibility index (Phi) is 5.43. The van der Waals surface area contributed by atoms with Crippen molar-refractivity contribution >= 4 is 6.03 Å². The van der Waals surface area contributed by atoms with Crippen LogP contribution < -0.4 is 0 Å². The van der Waals surface area contributed by atoms with E-state index in [0.29, 0.717) is 6.42 Å². The van der Waals surface area contributed by atoms with Crippen molar-refractivity contribution in [3.63, 3.8) is 0 Å². The van der Waals surface area contributed by atoms with Crippen LogP contribution in [0.3, 0.4) is 0 Å². The van der Waals surface area contributed by atoms with Crippen LogP contribution in [-0.2, 0) is 19.3 Å². The molecule has 5 heteroatoms. The van der Waals surface area contributed by atoms with Gasteiger partial charge in [0.1, 0.15) is 0 Å². The maximum absolute atomic E-state index is 12.9. The lowest BCUT2D eigenvalue weighted by Crippen LogP contribution is -2.23. The van der Waals surface area contributed by atoms with Crippen LogP contribution in [0, 0.1) is 0 Å². The van der Waals surface area contributed by atoms with Crippen LogP contribution in [0.5, 0.6) is 0 Å². The van der Waals surface area contributed by atoms with Crippen molar-refractivity contribution in [2.24, 2.45) is 0 Å². The van der Waals surface area contributed by atoms with Gasteiger partial charge < -0.3 is 0 Å². The fourth-order valence-electron chi connectivity index (χ4n) is 3.12. The van der Waals surface area contributed by atoms with Gasteiger partial charge in [0.05, 0.1) is 11.4 Å². The standard InChI is InChI=1S/C20H24N4O/c1-3-9-17-18(10-4-2)22-24(20(25)23-14-8-13-21-23)19(17)15-16-11-6-5-7-12-16/h5-8,11-14H,3-4,9-10,15H2,1-2H3. The quantitative estimate of drug-likeness (QED) is 0.681. The second-order valence-corrected chi connectivity index (χ2v) is 6.18. The summed E-state index contributed by atoms with van der Waals surface area (Å²) in [4.78, 5) is 12.9. The van der Waals surface area contributed by atoms with E-state index < -0.39 is 0 Å². The van der Waals surface area contributed by atoms with E-state index in [2.05, 4.69) is 36.2 Å². The Bertz CT molecular complexity index is 819. The summed E-state index contributed by atoms with van der Waals surface area (Å²) in [5, 5.41) is 8.75. The monoisotopic (exact) mass is 336 g/mol. The summed E-state index contributed by atoms with van der Waals surface area (Å²) in [7, 11) is 0. The molecule has 0 atom stereocenters. The molecule has 3 rings (SSSR count). The highest BCUT2D eigenvalue weighted by molar-refractivity contribution is 5.78. The van der Waals surface area contributed by atoms with Gasteiger partial charge >= 0.3 is 6.03 Å². The molecule has 0 amide bonds. The minimum absolute atomic E-state index is 0.226. The van der Waals surface area contributed by atoms with Gasteiger partial charge in [0.2, 0.25) is 0 Å². The van der Waals surface area contributed by atoms with E-state index in [1.54, 1.807) is 23.1 Å². The maximum atomic E-state index is 12.9. The Morgan fingerprint density at radius 1 is 1.04 bits per heavy atom. The van der Waals surface area contributed by atoms with Crippen molar-refractivity contribution in [2.45, 2.75) is 46.0 Å². The lowest BCUT2D eigenvalue weighted by molar-refractivity contribution is 0.237. The molecule has 0 fully saturated rings. The smallest absolute Gasteiger partial charge is 0.244 e. The van der Waals surface area contributed by atoms with Crippen LogP contribution in [0.4, 0.5) is 4.79 Å². The van der Waals surface area contributed by atoms with Crippen molar-refractivity contribution in [3.8, 4) is 0 Å². The molecule has 5 nitrogen and oxygen atoms in total. The minimum atomic E-state index is -0.226. The second kappa shape index (κ2) is 7.92. The molecule has 1 aromatic carbocycles. The van der Waals surface area contributed by atoms with Crippen LogP contribution in [0.1, 0.15) is 49.2 Å². The zero-order valence-corrected chi connectivity index (χ0v) is 14.9. The van der Waals surface area contributed by atoms with Gasteiger partial charge in [0.15, 0.2) is 0 Å². The van der Waals surface area contributed by atoms with Crippen LogP contribution in [0.25, 0.3) is 0 Å². The predicted molar refractivity (Wildman–Crippen MR) is 97.9 cm³/mol. The molecule has 0 aliphatic heterocycles. The number of aryl methyl sites for hydroxylation is 1. The first-order valence-electron chi connectivity index (χ1n) is 8.92. The predicted octanol–water partition coefficient (Wildman–Crippen LogP) is 4.09. The molecule has 0 radical (unpaired) electrons. The molecule has 0 bridgehead atoms. The van der Waals surface area contributed by atoms with Crippen molar-refractivity contribution in [1.82, 2.24) is 19.6 Å². The molecular formula is C20H24N4O. The van der Waals surface area contributed by atoms with Crippen LogP contribution in [-0.4, -0.2) is 25.6 Å². The molecule has 0 aliphatic carbocycles. The summed E-state index contributed by atoms with van der Waals surface area (Å²) in [6.07, 6.45) is 7.82. The number of benzene rings is 1. The third-order valence-corrected chi connectivity index (χ3v) is 4.26. The highest BCUT2D eigenvalue weighted by atomic mass is 16.2. The molecule has 2 aromatic heterocycles. The average molecular weight is 336 g/mol. The number of nitrogens with zero attached hydrogens (tertiary/aromatic N) is 4. The fraction of sp³-hybridized carbons (Fsp3) is 0.350. The molecule has 3 aromatic rings. The molecule has 25 heavy (non-hydrogen) atoms. The van der Waals surface area contributed by atoms with Gasteiger partial charge in [-0.1, -0.05) is 57.0 Å². The van der Waals surface area contributed by atoms with Gasteiger partial charge in [-0.05, 0) is 30.0 Å². The zero-order valence-electron chi connectivity index (χ0n) is 14.9. The summed E-state index contributed by atoms with van der Waals surface area (Å²) in [5.41, 5.74) is 4.42. The molecule has 0 spiro atoms. The van der Waals surface area contributed by atoms with Crippen molar-refractivity contribution < 1.29 is 4.79 Å². The maximum Gasteiger partial charge on any atom is 0.369 e. The van der Waals surface area contributed by atoms with E-state index in [9.17, 15) is 4.79 Å². The van der Waals surface area contributed by atoms with E-state index in [-0.39, 0.29) is 6.03 Å². The SMILES string of the molecule is CCCc1nn(C(=O)n2cccn2)c(Cc2ccccc2)c1CCC. The largest absolute Gasteiger partial charge is 0.369 e. The van der Waals surface area contributed by atoms with Crippen molar-refractivity contribution in [2.75, 3.05) is 0 Å². The minimum Gasteiger partial charge on any atom is -0.244 e. The highest BCUT2D eigenvalue weighted by Gasteiger charge is 2.22. The molecule has 0 N–H and O–H groups in total. The number of hydrogen-bond donors (Lipinski definition) is 0. The summed E-state index contributed by atoms with van der Waals surface area (Å²) >= 11 is 0. The number of carbonyl (C=O) groups is 1. The van der Waals surface area contributed by atoms with E-state index in [1.165, 1.54) is 15.8 Å². The number of carbonyl (C=O) groups excluding carboxylic acids is 1. The van der Waals surface area contributed by atoms with Gasteiger partial charge in [-0.3, -0.25) is 0 Å². The molecule has 0 saturated heterocycles. The van der Waals surface area contributed by atoms with Gasteiger partial charge in [-0.15, -0.1) is 0 Å². The third-order valence-electron chi connectivity index (χ3n) is 4.26. The Labute approximate surface area is 148 Å². The first kappa shape index (κ1) is 17.1. The summed E-state index contributed by atoms with van der Waals surface area (Å²) in [6.45, 7) is 4.30. The first-order valence-corrected chi connectivity index (χ1v) is 8.92. The van der Waals surface area contributed by atoms with Crippen molar-refractivity contribution in [3.05, 3.63) is 71.3 Å². The van der Waals surface area contributed by atoms with Crippen molar-refractivity contribution in [1.29, 1.82) is 0 Å². The van der Waals surface area contributed by atoms with Gasteiger partial charge in [-0.25, -0.2) is 4.79 Å². The number of rotatable bonds is 6. The lowest BCUT2D eigenvalue weighted by atomic mass is 10.00. The zero-order chi connectivity index (χ0) is 17.6. The Hall–Kier alpha value is -2.69. The lowest BCUT2D eigenvalue weighted by Gasteiger charge is -2.09. The normalized spacial score (nSPS) is 11.0. The average Bonchev–Trinajstić information content (AvgIpc) is 3.27. The van der Waals surface area contributed by atoms with E-state index in [0.717, 1.165) is 37.1 Å². The first-order chi connectivity index (χ1) is 12.2. The van der Waals surface area contributed by atoms with E-state index in [4.69, 9.17) is 0 Å². The third kappa shape index (κ3) is 3.71. The number of hydrogen-bond acceptors (Lipinski definition) is 3. The van der Waals surface area contributed by atoms with E-state index in [1.807, 2.05) is 18.2 Å². The fourth-order valence-corrected chi connectivity index (χ4v) is 3.12. The van der Waals surface area contributed by atoms with Crippen LogP contribution in [0.2, 0.25) is 0 Å². The van der Waals surface area contributed by atoms with Gasteiger partial charge in [0.25, 0.3) is 0 Å². The summed E-state index contributed by atoms with van der Waals surface area (Å²) in [5.74, 6) is 0. The summed E-state index contributed by atoms with van der Waals surface area (Å²) in [6, 6.07) is 11.8. The molecule has 0 aliphatic rings. The molecule has 0 saturated carbocycles. The van der Waals surface area contributed by atoms with Gasteiger partial charge in [0, 0.05) is 18.8 Å². The topological polar surface area (TPSA) is 52.7 Å². The molecule has 2 heterocycles.